The van der Waals surface area contributed by atoms with Crippen molar-refractivity contribution in [2.75, 3.05) is 19.6 Å². The van der Waals surface area contributed by atoms with Gasteiger partial charge < -0.3 is 14.9 Å². The van der Waals surface area contributed by atoms with Crippen LogP contribution in [0.25, 0.3) is 5.69 Å². The summed E-state index contributed by atoms with van der Waals surface area (Å²) in [4.78, 5) is 45.4. The lowest BCUT2D eigenvalue weighted by Crippen LogP contribution is -2.75. The molecule has 3 heterocycles. The molecule has 230 valence electrons. The Morgan fingerprint density at radius 2 is 1.73 bits per heavy atom. The summed E-state index contributed by atoms with van der Waals surface area (Å²) >= 11 is 0. The van der Waals surface area contributed by atoms with E-state index in [1.165, 1.54) is 6.33 Å². The normalized spacial score (nSPS) is 18.6. The van der Waals surface area contributed by atoms with Gasteiger partial charge in [0.1, 0.15) is 24.3 Å². The summed E-state index contributed by atoms with van der Waals surface area (Å²) in [5.74, 6) is -0.500. The SMILES string of the molecule is C=CCN1CC(=O)N2[C@@H](Cc3ccc(O)cc3)C(=O)N(Cc3ccccc3-n3cnnn3)C[C@@H]2N1C(=O)CCc1ccccc1. The first-order valence-electron chi connectivity index (χ1n) is 14.8. The average molecular weight is 607 g/mol. The lowest BCUT2D eigenvalue weighted by molar-refractivity contribution is -0.205. The Morgan fingerprint density at radius 3 is 2.47 bits per heavy atom. The van der Waals surface area contributed by atoms with Crippen LogP contribution < -0.4 is 0 Å². The quantitative estimate of drug-likeness (QED) is 0.273. The van der Waals surface area contributed by atoms with E-state index in [0.717, 1.165) is 22.4 Å². The fourth-order valence-electron chi connectivity index (χ4n) is 6.11. The molecule has 1 N–H and O–H groups in total. The number of phenols is 1. The molecule has 3 amide bonds. The number of phenolic OH excluding ortho intramolecular Hbond substituents is 1. The van der Waals surface area contributed by atoms with Gasteiger partial charge in [-0.1, -0.05) is 66.7 Å². The number of piperazine rings is 1. The molecule has 2 aliphatic heterocycles. The third kappa shape index (κ3) is 6.31. The smallest absolute Gasteiger partial charge is 0.246 e. The first kappa shape index (κ1) is 29.7. The number of fused-ring (bicyclic) bond motifs is 1. The molecule has 0 unspecified atom stereocenters. The number of rotatable bonds is 10. The number of amides is 3. The molecule has 3 aromatic carbocycles. The van der Waals surface area contributed by atoms with E-state index in [-0.39, 0.29) is 55.9 Å². The van der Waals surface area contributed by atoms with Crippen LogP contribution in [0.1, 0.15) is 23.1 Å². The van der Waals surface area contributed by atoms with Crippen molar-refractivity contribution in [1.82, 2.24) is 40.0 Å². The van der Waals surface area contributed by atoms with Crippen molar-refractivity contribution in [3.8, 4) is 11.4 Å². The Morgan fingerprint density at radius 1 is 0.978 bits per heavy atom. The Bertz CT molecular complexity index is 1660. The molecule has 12 nitrogen and oxygen atoms in total. The first-order chi connectivity index (χ1) is 21.9. The van der Waals surface area contributed by atoms with Crippen molar-refractivity contribution in [3.63, 3.8) is 0 Å². The van der Waals surface area contributed by atoms with Gasteiger partial charge in [-0.25, -0.2) is 14.7 Å². The van der Waals surface area contributed by atoms with Gasteiger partial charge in [-0.3, -0.25) is 14.4 Å². The lowest BCUT2D eigenvalue weighted by atomic mass is 9.97. The van der Waals surface area contributed by atoms with Gasteiger partial charge >= 0.3 is 0 Å². The van der Waals surface area contributed by atoms with E-state index >= 15 is 0 Å². The molecule has 2 atom stereocenters. The highest BCUT2D eigenvalue weighted by Gasteiger charge is 2.51. The van der Waals surface area contributed by atoms with Crippen LogP contribution >= 0.6 is 0 Å². The third-order valence-electron chi connectivity index (χ3n) is 8.21. The van der Waals surface area contributed by atoms with Gasteiger partial charge in [0.05, 0.1) is 18.8 Å². The maximum absolute atomic E-state index is 14.3. The predicted molar refractivity (Wildman–Crippen MR) is 164 cm³/mol. The van der Waals surface area contributed by atoms with Crippen LogP contribution in [0.3, 0.4) is 0 Å². The van der Waals surface area contributed by atoms with Crippen LogP contribution in [0.4, 0.5) is 0 Å². The number of carbonyl (C=O) groups excluding carboxylic acids is 3. The molecular formula is C33H34N8O4. The minimum atomic E-state index is -0.865. The summed E-state index contributed by atoms with van der Waals surface area (Å²) in [6.07, 6.45) is 3.43. The zero-order valence-corrected chi connectivity index (χ0v) is 24.7. The van der Waals surface area contributed by atoms with E-state index in [9.17, 15) is 19.5 Å². The summed E-state index contributed by atoms with van der Waals surface area (Å²) in [5.41, 5.74) is 3.35. The molecule has 2 aliphatic rings. The zero-order chi connectivity index (χ0) is 31.3. The molecule has 2 fully saturated rings. The van der Waals surface area contributed by atoms with Crippen molar-refractivity contribution in [2.24, 2.45) is 0 Å². The number of hydrazine groups is 1. The monoisotopic (exact) mass is 606 g/mol. The topological polar surface area (TPSA) is 128 Å². The van der Waals surface area contributed by atoms with Crippen LogP contribution in [0.5, 0.6) is 5.75 Å². The maximum Gasteiger partial charge on any atom is 0.246 e. The number of carbonyl (C=O) groups is 3. The molecule has 0 spiro atoms. The largest absolute Gasteiger partial charge is 0.508 e. The first-order valence-corrected chi connectivity index (χ1v) is 14.8. The molecule has 1 aromatic heterocycles. The fourth-order valence-corrected chi connectivity index (χ4v) is 6.11. The summed E-state index contributed by atoms with van der Waals surface area (Å²) in [5, 5.41) is 24.8. The number of benzene rings is 3. The van der Waals surface area contributed by atoms with Crippen LogP contribution in [0.15, 0.2) is 97.8 Å². The molecule has 0 radical (unpaired) electrons. The van der Waals surface area contributed by atoms with Crippen LogP contribution in [-0.2, 0) is 33.8 Å². The molecule has 0 saturated carbocycles. The maximum atomic E-state index is 14.3. The highest BCUT2D eigenvalue weighted by molar-refractivity contribution is 5.92. The third-order valence-corrected chi connectivity index (χ3v) is 8.21. The van der Waals surface area contributed by atoms with Crippen LogP contribution in [0, 0.1) is 0 Å². The van der Waals surface area contributed by atoms with E-state index in [2.05, 4.69) is 22.1 Å². The number of para-hydroxylation sites is 1. The molecule has 6 rings (SSSR count). The molecule has 0 aliphatic carbocycles. The van der Waals surface area contributed by atoms with Gasteiger partial charge in [-0.15, -0.1) is 11.7 Å². The van der Waals surface area contributed by atoms with Gasteiger partial charge in [0.2, 0.25) is 17.7 Å². The summed E-state index contributed by atoms with van der Waals surface area (Å²) in [6, 6.07) is 23.0. The van der Waals surface area contributed by atoms with Crippen molar-refractivity contribution >= 4 is 17.7 Å². The van der Waals surface area contributed by atoms with Gasteiger partial charge in [0.15, 0.2) is 0 Å². The van der Waals surface area contributed by atoms with E-state index in [1.54, 1.807) is 54.8 Å². The summed E-state index contributed by atoms with van der Waals surface area (Å²) in [6.45, 7) is 4.43. The number of aromatic nitrogens is 4. The summed E-state index contributed by atoms with van der Waals surface area (Å²) < 4.78 is 1.54. The second-order valence-corrected chi connectivity index (χ2v) is 11.1. The minimum Gasteiger partial charge on any atom is -0.508 e. The van der Waals surface area contributed by atoms with Crippen molar-refractivity contribution < 1.29 is 19.5 Å². The number of hydrogen-bond donors (Lipinski definition) is 1. The number of aromatic hydroxyl groups is 1. The Kier molecular flexibility index (Phi) is 8.65. The van der Waals surface area contributed by atoms with Crippen molar-refractivity contribution in [3.05, 3.63) is 115 Å². The second kappa shape index (κ2) is 13.1. The molecular weight excluding hydrogens is 572 g/mol. The van der Waals surface area contributed by atoms with Crippen LogP contribution in [-0.4, -0.2) is 94.7 Å². The Hall–Kier alpha value is -5.36. The van der Waals surface area contributed by atoms with E-state index in [4.69, 9.17) is 0 Å². The molecule has 4 aromatic rings. The van der Waals surface area contributed by atoms with E-state index in [1.807, 2.05) is 54.6 Å². The van der Waals surface area contributed by atoms with Gasteiger partial charge in [-0.2, -0.15) is 0 Å². The lowest BCUT2D eigenvalue weighted by Gasteiger charge is -2.55. The van der Waals surface area contributed by atoms with Gasteiger partial charge in [-0.05, 0) is 51.7 Å². The highest BCUT2D eigenvalue weighted by atomic mass is 16.3. The number of hydrogen-bond acceptors (Lipinski definition) is 8. The standard InChI is InChI=1S/C33H34N8O4/c1-2-18-38-22-32(44)40-29(19-25-12-15-27(42)16-13-25)33(45)37(20-26-10-6-7-11-28(26)39-23-34-35-36-39)21-30(40)41(38)31(43)17-14-24-8-4-3-5-9-24/h2-13,15-16,23,29-30,42H,1,14,17-22H2/t29-,30-/m0/s1. The highest BCUT2D eigenvalue weighted by Crippen LogP contribution is 2.31. The zero-order valence-electron chi connectivity index (χ0n) is 24.7. The Balaban J connectivity index is 1.36. The van der Waals surface area contributed by atoms with Crippen molar-refractivity contribution in [2.45, 2.75) is 38.0 Å². The van der Waals surface area contributed by atoms with E-state index in [0.29, 0.717) is 13.0 Å². The summed E-state index contributed by atoms with van der Waals surface area (Å²) in [7, 11) is 0. The number of nitrogens with zero attached hydrogens (tertiary/aromatic N) is 8. The number of tetrazole rings is 1. The molecule has 2 saturated heterocycles. The number of aryl methyl sites for hydroxylation is 1. The molecule has 12 heteroatoms. The predicted octanol–water partition coefficient (Wildman–Crippen LogP) is 2.35. The second-order valence-electron chi connectivity index (χ2n) is 11.1. The van der Waals surface area contributed by atoms with Crippen molar-refractivity contribution in [1.29, 1.82) is 0 Å². The van der Waals surface area contributed by atoms with Crippen LogP contribution in [0.2, 0.25) is 0 Å². The Labute approximate surface area is 260 Å². The minimum absolute atomic E-state index is 0.0545. The molecule has 0 bridgehead atoms. The van der Waals surface area contributed by atoms with Gasteiger partial charge in [0.25, 0.3) is 0 Å². The molecule has 45 heavy (non-hydrogen) atoms. The van der Waals surface area contributed by atoms with E-state index < -0.39 is 12.2 Å². The average Bonchev–Trinajstić information content (AvgIpc) is 3.59. The fraction of sp³-hybridized carbons (Fsp3) is 0.273. The van der Waals surface area contributed by atoms with Gasteiger partial charge in [0, 0.05) is 25.9 Å².